The largest absolute Gasteiger partial charge is 0.373 e. The van der Waals surface area contributed by atoms with E-state index >= 15 is 0 Å². The minimum Gasteiger partial charge on any atom is -0.373 e. The molecule has 18 heavy (non-hydrogen) atoms. The average molecular weight is 242 g/mol. The van der Waals surface area contributed by atoms with Crippen LogP contribution in [0.1, 0.15) is 0 Å². The second-order valence-electron chi connectivity index (χ2n) is 2.85. The summed E-state index contributed by atoms with van der Waals surface area (Å²) in [5, 5.41) is 0. The highest BCUT2D eigenvalue weighted by Gasteiger charge is 2.11. The molecule has 0 aromatic rings. The van der Waals surface area contributed by atoms with Crippen LogP contribution in [-0.4, -0.2) is 11.6 Å². The van der Waals surface area contributed by atoms with Crippen molar-refractivity contribution in [2.24, 2.45) is 0 Å². The van der Waals surface area contributed by atoms with E-state index in [1.807, 2.05) is 0 Å². The lowest BCUT2D eigenvalue weighted by Gasteiger charge is -2.09. The van der Waals surface area contributed by atoms with Crippen LogP contribution in [0.2, 0.25) is 0 Å². The molecule has 0 radical (unpaired) electrons. The third-order valence-electron chi connectivity index (χ3n) is 1.78. The fourth-order valence-electron chi connectivity index (χ4n) is 1.20. The Hall–Kier alpha value is -3.08. The van der Waals surface area contributed by atoms with Gasteiger partial charge < -0.3 is 22.1 Å². The second-order valence-corrected chi connectivity index (χ2v) is 2.85. The molecular weight excluding hydrogens is 236 g/mol. The van der Waals surface area contributed by atoms with Crippen LogP contribution in [0.3, 0.4) is 0 Å². The van der Waals surface area contributed by atoms with Crippen LogP contribution in [0.5, 0.6) is 0 Å². The van der Waals surface area contributed by atoms with Gasteiger partial charge in [0.1, 0.15) is 0 Å². The summed E-state index contributed by atoms with van der Waals surface area (Å²) >= 11 is 0. The first-order chi connectivity index (χ1) is 8.58. The van der Waals surface area contributed by atoms with E-state index in [4.69, 9.17) is 22.1 Å². The van der Waals surface area contributed by atoms with Crippen molar-refractivity contribution in [1.29, 1.82) is 0 Å². The first-order valence-electron chi connectivity index (χ1n) is 4.43. The molecule has 90 valence electrons. The summed E-state index contributed by atoms with van der Waals surface area (Å²) < 4.78 is 0. The van der Waals surface area contributed by atoms with Gasteiger partial charge in [-0.1, -0.05) is 12.2 Å². The van der Waals surface area contributed by atoms with Crippen LogP contribution >= 0.6 is 0 Å². The van der Waals surface area contributed by atoms with E-state index in [2.05, 4.69) is 0 Å². The van der Waals surface area contributed by atoms with E-state index in [1.165, 1.54) is 34.1 Å². The minimum absolute atomic E-state index is 0.0267. The quantitative estimate of drug-likeness (QED) is 0.364. The van der Waals surface area contributed by atoms with Gasteiger partial charge in [0, 0.05) is 0 Å². The van der Waals surface area contributed by atoms with Crippen molar-refractivity contribution in [2.75, 3.05) is 0 Å². The predicted octanol–water partition coefficient (Wildman–Crippen LogP) is 2.85. The summed E-state index contributed by atoms with van der Waals surface area (Å²) in [6, 6.07) is 0. The average Bonchev–Trinajstić information content (AvgIpc) is 2.31. The van der Waals surface area contributed by atoms with Crippen molar-refractivity contribution in [3.8, 4) is 0 Å². The van der Waals surface area contributed by atoms with Crippen molar-refractivity contribution >= 4 is 11.6 Å². The summed E-state index contributed by atoms with van der Waals surface area (Å²) in [4.78, 5) is 24.8. The number of carbonyl (C=O) groups excluding carboxylic acids is 2. The maximum absolute atomic E-state index is 10.9. The molecule has 0 aromatic carbocycles. The fraction of sp³-hybridized carbons (Fsp3) is 0. The van der Waals surface area contributed by atoms with E-state index in [9.17, 15) is 9.59 Å². The van der Waals surface area contributed by atoms with Gasteiger partial charge in [0.25, 0.3) is 0 Å². The Morgan fingerprint density at radius 3 is 1.22 bits per heavy atom. The van der Waals surface area contributed by atoms with E-state index in [0.29, 0.717) is 0 Å². The van der Waals surface area contributed by atoms with Gasteiger partial charge in [-0.15, -0.1) is 0 Å². The lowest BCUT2D eigenvalue weighted by Crippen LogP contribution is -2.03. The summed E-state index contributed by atoms with van der Waals surface area (Å²) in [6.07, 6.45) is 9.30. The lowest BCUT2D eigenvalue weighted by atomic mass is 9.94. The fourth-order valence-corrected chi connectivity index (χ4v) is 1.20. The molecule has 0 aromatic heterocycles. The van der Waals surface area contributed by atoms with E-state index in [0.717, 1.165) is 11.1 Å². The van der Waals surface area contributed by atoms with Crippen molar-refractivity contribution in [2.45, 2.75) is 0 Å². The molecule has 0 saturated heterocycles. The Morgan fingerprint density at radius 2 is 0.944 bits per heavy atom. The van der Waals surface area contributed by atoms with Crippen LogP contribution < -0.4 is 0 Å². The Labute approximate surface area is 101 Å². The molecular formula is C10H6N6O2-2. The van der Waals surface area contributed by atoms with Crippen molar-refractivity contribution in [1.82, 2.24) is 0 Å². The summed E-state index contributed by atoms with van der Waals surface area (Å²) in [5.74, 6) is -0.0534. The van der Waals surface area contributed by atoms with E-state index in [-0.39, 0.29) is 11.6 Å². The van der Waals surface area contributed by atoms with Crippen LogP contribution in [0.4, 0.5) is 0 Å². The molecule has 2 aliphatic rings. The van der Waals surface area contributed by atoms with Crippen molar-refractivity contribution in [3.05, 3.63) is 79.6 Å². The molecule has 0 heterocycles. The smallest absolute Gasteiger partial charge is 0.179 e. The Bertz CT molecular complexity index is 491. The van der Waals surface area contributed by atoms with Gasteiger partial charge in [-0.3, -0.25) is 19.4 Å². The molecule has 0 saturated carbocycles. The number of ketones is 2. The third-order valence-corrected chi connectivity index (χ3v) is 1.78. The molecule has 2 aliphatic carbocycles. The summed E-state index contributed by atoms with van der Waals surface area (Å²) in [6.45, 7) is 0. The van der Waals surface area contributed by atoms with Crippen LogP contribution in [0.15, 0.2) is 47.6 Å². The normalized spacial score (nSPS) is 14.4. The van der Waals surface area contributed by atoms with E-state index in [1.54, 1.807) is 12.2 Å². The minimum atomic E-state index is -0.0267. The Kier molecular flexibility index (Phi) is 6.73. The lowest BCUT2D eigenvalue weighted by molar-refractivity contribution is -0.111. The highest BCUT2D eigenvalue weighted by molar-refractivity contribution is 6.08. The highest BCUT2D eigenvalue weighted by atomic mass is 16.1. The number of hydrogen-bond acceptors (Lipinski definition) is 2. The number of hydrogen-bond donors (Lipinski definition) is 0. The molecule has 0 bridgehead atoms. The standard InChI is InChI=1S/C10H6O2.2N3/c11-9-3-1-7-5-10(12)4-2-8(7)6-9;2*1-3-2/h1-6H;;/q;2*-1. The molecule has 0 aliphatic heterocycles. The molecule has 8 nitrogen and oxygen atoms in total. The number of allylic oxidation sites excluding steroid dienone is 8. The van der Waals surface area contributed by atoms with Gasteiger partial charge in [-0.25, -0.2) is 0 Å². The highest BCUT2D eigenvalue weighted by Crippen LogP contribution is 2.20. The zero-order chi connectivity index (χ0) is 14.0. The van der Waals surface area contributed by atoms with Gasteiger partial charge in [0.05, 0.1) is 0 Å². The molecule has 0 unspecified atom stereocenters. The van der Waals surface area contributed by atoms with Crippen LogP contribution in [0, 0.1) is 0 Å². The second kappa shape index (κ2) is 8.12. The Morgan fingerprint density at radius 1 is 0.667 bits per heavy atom. The summed E-state index contributed by atoms with van der Waals surface area (Å²) in [7, 11) is 0. The molecule has 0 atom stereocenters. The van der Waals surface area contributed by atoms with Gasteiger partial charge in [0.2, 0.25) is 0 Å². The molecule has 0 amide bonds. The molecule has 0 spiro atoms. The molecule has 8 heteroatoms. The molecule has 0 fully saturated rings. The zero-order valence-electron chi connectivity index (χ0n) is 8.96. The predicted molar refractivity (Wildman–Crippen MR) is 64.6 cm³/mol. The number of carbonyl (C=O) groups is 2. The zero-order valence-corrected chi connectivity index (χ0v) is 8.96. The van der Waals surface area contributed by atoms with Crippen LogP contribution in [-0.2, 0) is 9.59 Å². The Balaban J connectivity index is 0.000000414. The number of rotatable bonds is 0. The number of nitrogens with zero attached hydrogens (tertiary/aromatic N) is 6. The topological polar surface area (TPSA) is 152 Å². The van der Waals surface area contributed by atoms with Crippen molar-refractivity contribution in [3.63, 3.8) is 0 Å². The van der Waals surface area contributed by atoms with Gasteiger partial charge in [0.15, 0.2) is 11.6 Å². The van der Waals surface area contributed by atoms with Gasteiger partial charge in [-0.05, 0) is 35.5 Å². The SMILES string of the molecule is O=C1C=CC2=CC(=O)C=CC2=C1.[N-]=[N+]=[N-].[N-]=[N+]=[N-]. The molecule has 2 rings (SSSR count). The van der Waals surface area contributed by atoms with Crippen molar-refractivity contribution < 1.29 is 9.59 Å². The maximum Gasteiger partial charge on any atom is 0.179 e. The first kappa shape index (κ1) is 14.9. The third kappa shape index (κ3) is 5.13. The van der Waals surface area contributed by atoms with E-state index < -0.39 is 0 Å². The molecule has 0 N–H and O–H groups in total. The van der Waals surface area contributed by atoms with Crippen LogP contribution in [0.25, 0.3) is 31.9 Å². The maximum atomic E-state index is 10.9. The van der Waals surface area contributed by atoms with Gasteiger partial charge >= 0.3 is 0 Å². The summed E-state index contributed by atoms with van der Waals surface area (Å²) in [5.41, 5.74) is 28.6. The number of fused-ring (bicyclic) bond motifs is 1. The first-order valence-corrected chi connectivity index (χ1v) is 4.43. The monoisotopic (exact) mass is 242 g/mol. The van der Waals surface area contributed by atoms with Gasteiger partial charge in [-0.2, -0.15) is 0 Å².